The van der Waals surface area contributed by atoms with E-state index in [0.29, 0.717) is 0 Å². The molecular formula is C20H38MgNaO8S+. The first kappa shape index (κ1) is 38.8. The average molecular weight is 486 g/mol. The minimum atomic E-state index is -4.76. The number of hydrogen-bond acceptors (Lipinski definition) is 6. The third kappa shape index (κ3) is 18.7. The summed E-state index contributed by atoms with van der Waals surface area (Å²) in [6.45, 7) is 8.35. The summed E-state index contributed by atoms with van der Waals surface area (Å²) in [7, 11) is -4.76. The zero-order chi connectivity index (χ0) is 21.6. The molecule has 0 rings (SSSR count). The molecule has 0 radical (unpaired) electrons. The third-order valence-corrected chi connectivity index (χ3v) is 6.08. The zero-order valence-electron chi connectivity index (χ0n) is 19.9. The van der Waals surface area contributed by atoms with Crippen molar-refractivity contribution in [1.29, 1.82) is 0 Å². The predicted molar refractivity (Wildman–Crippen MR) is 115 cm³/mol. The van der Waals surface area contributed by atoms with Gasteiger partial charge in [-0.15, -0.1) is 0 Å². The smallest absolute Gasteiger partial charge is 2.00 e. The number of carbonyl (C=O) groups is 2. The van der Waals surface area contributed by atoms with Crippen molar-refractivity contribution in [2.45, 2.75) is 90.7 Å². The molecule has 0 aromatic heterocycles. The molecule has 3 atom stereocenters. The van der Waals surface area contributed by atoms with Crippen molar-refractivity contribution in [2.75, 3.05) is 13.2 Å². The summed E-state index contributed by atoms with van der Waals surface area (Å²) in [5.74, 6) is -1.61. The van der Waals surface area contributed by atoms with Crippen molar-refractivity contribution < 1.29 is 67.1 Å². The Morgan fingerprint density at radius 2 is 1.29 bits per heavy atom. The summed E-state index contributed by atoms with van der Waals surface area (Å²) < 4.78 is 42.8. The summed E-state index contributed by atoms with van der Waals surface area (Å²) in [4.78, 5) is 24.2. The molecular weight excluding hydrogens is 448 g/mol. The molecule has 11 heteroatoms. The Labute approximate surface area is 226 Å². The van der Waals surface area contributed by atoms with Gasteiger partial charge in [0.25, 0.3) is 10.1 Å². The van der Waals surface area contributed by atoms with Gasteiger partial charge in [-0.1, -0.05) is 66.2 Å². The molecule has 0 heterocycles. The summed E-state index contributed by atoms with van der Waals surface area (Å²) >= 11 is 0. The molecule has 31 heavy (non-hydrogen) atoms. The molecule has 0 saturated heterocycles. The molecule has 0 aromatic rings. The van der Waals surface area contributed by atoms with Gasteiger partial charge in [-0.2, -0.15) is 8.42 Å². The van der Waals surface area contributed by atoms with Gasteiger partial charge < -0.3 is 14.9 Å². The van der Waals surface area contributed by atoms with Crippen molar-refractivity contribution in [3.8, 4) is 0 Å². The van der Waals surface area contributed by atoms with Crippen molar-refractivity contribution in [1.82, 2.24) is 0 Å². The van der Waals surface area contributed by atoms with E-state index in [0.717, 1.165) is 51.4 Å². The molecule has 0 aliphatic carbocycles. The Bertz CT molecular complexity index is 559. The fourth-order valence-corrected chi connectivity index (χ4v) is 3.48. The van der Waals surface area contributed by atoms with Crippen LogP contribution in [0, 0.1) is 11.8 Å². The van der Waals surface area contributed by atoms with Crippen LogP contribution in [0.5, 0.6) is 0 Å². The van der Waals surface area contributed by atoms with Crippen LogP contribution in [0.4, 0.5) is 0 Å². The SMILES string of the molecule is CCCCC(CC)COC(=O)CC(C(=O)OCC(CC)CCCC)S(=O)(=O)O.[Mg+2].[Na+].[O-2]. The van der Waals surface area contributed by atoms with Crippen LogP contribution in [0.25, 0.3) is 0 Å². The number of rotatable bonds is 16. The molecule has 0 fully saturated rings. The van der Waals surface area contributed by atoms with Gasteiger partial charge in [0, 0.05) is 0 Å². The third-order valence-electron chi connectivity index (χ3n) is 5.00. The summed E-state index contributed by atoms with van der Waals surface area (Å²) in [6.07, 6.45) is 6.74. The van der Waals surface area contributed by atoms with E-state index in [2.05, 4.69) is 13.8 Å². The van der Waals surface area contributed by atoms with E-state index in [1.807, 2.05) is 13.8 Å². The van der Waals surface area contributed by atoms with Gasteiger partial charge in [-0.05, 0) is 24.7 Å². The number of ether oxygens (including phenoxy) is 2. The van der Waals surface area contributed by atoms with E-state index in [-0.39, 0.29) is 83.1 Å². The topological polar surface area (TPSA) is 135 Å². The van der Waals surface area contributed by atoms with E-state index < -0.39 is 33.7 Å². The van der Waals surface area contributed by atoms with E-state index in [1.54, 1.807) is 0 Å². The Morgan fingerprint density at radius 1 is 0.871 bits per heavy atom. The monoisotopic (exact) mass is 485 g/mol. The fourth-order valence-electron chi connectivity index (χ4n) is 2.82. The van der Waals surface area contributed by atoms with Crippen LogP contribution >= 0.6 is 0 Å². The Kier molecular flexibility index (Phi) is 28.0. The normalized spacial score (nSPS) is 13.5. The average Bonchev–Trinajstić information content (AvgIpc) is 2.65. The van der Waals surface area contributed by atoms with Gasteiger partial charge in [0.1, 0.15) is 0 Å². The van der Waals surface area contributed by atoms with Crippen molar-refractivity contribution in [2.24, 2.45) is 11.8 Å². The van der Waals surface area contributed by atoms with Gasteiger partial charge >= 0.3 is 64.5 Å². The Hall–Kier alpha value is 0.576. The number of carbonyl (C=O) groups excluding carboxylic acids is 2. The summed E-state index contributed by atoms with van der Waals surface area (Å²) in [5.41, 5.74) is 0. The van der Waals surface area contributed by atoms with Crippen molar-refractivity contribution in [3.05, 3.63) is 0 Å². The van der Waals surface area contributed by atoms with E-state index in [4.69, 9.17) is 9.47 Å². The molecule has 3 unspecified atom stereocenters. The maximum absolute atomic E-state index is 12.2. The van der Waals surface area contributed by atoms with Crippen molar-refractivity contribution in [3.63, 3.8) is 0 Å². The molecule has 174 valence electrons. The quantitative estimate of drug-likeness (QED) is 0.193. The molecule has 0 bridgehead atoms. The van der Waals surface area contributed by atoms with Crippen LogP contribution in [-0.4, -0.2) is 66.4 Å². The zero-order valence-corrected chi connectivity index (χ0v) is 24.2. The molecule has 0 aliphatic rings. The minimum Gasteiger partial charge on any atom is -2.00 e. The van der Waals surface area contributed by atoms with Gasteiger partial charge in [-0.25, -0.2) is 0 Å². The second-order valence-electron chi connectivity index (χ2n) is 7.35. The Balaban J connectivity index is -0.00000121. The maximum atomic E-state index is 12.2. The molecule has 0 amide bonds. The second-order valence-corrected chi connectivity index (χ2v) is 8.95. The fraction of sp³-hybridized carbons (Fsp3) is 0.900. The Morgan fingerprint density at radius 3 is 1.65 bits per heavy atom. The maximum Gasteiger partial charge on any atom is 2.00 e. The van der Waals surface area contributed by atoms with Gasteiger partial charge in [0.05, 0.1) is 19.6 Å². The van der Waals surface area contributed by atoms with Gasteiger partial charge in [0.2, 0.25) is 0 Å². The van der Waals surface area contributed by atoms with Crippen molar-refractivity contribution >= 4 is 45.1 Å². The first-order chi connectivity index (χ1) is 13.2. The van der Waals surface area contributed by atoms with E-state index >= 15 is 0 Å². The molecule has 0 aromatic carbocycles. The molecule has 8 nitrogen and oxygen atoms in total. The largest absolute Gasteiger partial charge is 2.00 e. The van der Waals surface area contributed by atoms with Gasteiger partial charge in [-0.3, -0.25) is 14.1 Å². The van der Waals surface area contributed by atoms with E-state index in [9.17, 15) is 22.6 Å². The van der Waals surface area contributed by atoms with Crippen LogP contribution in [0.2, 0.25) is 0 Å². The number of unbranched alkanes of at least 4 members (excludes halogenated alkanes) is 2. The molecule has 0 aliphatic heterocycles. The minimum absolute atomic E-state index is 0. The van der Waals surface area contributed by atoms with Crippen LogP contribution < -0.4 is 29.6 Å². The van der Waals surface area contributed by atoms with Crippen LogP contribution in [0.3, 0.4) is 0 Å². The molecule has 0 spiro atoms. The molecule has 1 N–H and O–H groups in total. The summed E-state index contributed by atoms with van der Waals surface area (Å²) in [6, 6.07) is 0. The van der Waals surface area contributed by atoms with Crippen LogP contribution in [0.15, 0.2) is 0 Å². The summed E-state index contributed by atoms with van der Waals surface area (Å²) in [5, 5.41) is -1.95. The standard InChI is InChI=1S/C20H38O7S.Mg.Na.O/c1-5-9-11-16(7-3)14-26-19(21)13-18(28(23,24)25)20(22)27-15-17(8-4)12-10-6-2;;;/h16-18H,5-15H2,1-4H3,(H,23,24,25);;;/q;+2;+1;-2. The molecule has 0 saturated carbocycles. The second kappa shape index (κ2) is 22.4. The first-order valence-corrected chi connectivity index (χ1v) is 12.0. The number of hydrogen-bond donors (Lipinski definition) is 1. The van der Waals surface area contributed by atoms with Crippen LogP contribution in [0.1, 0.15) is 85.5 Å². The van der Waals surface area contributed by atoms with Crippen LogP contribution in [-0.2, 0) is 34.7 Å². The van der Waals surface area contributed by atoms with E-state index in [1.165, 1.54) is 0 Å². The predicted octanol–water partition coefficient (Wildman–Crippen LogP) is 0.657. The van der Waals surface area contributed by atoms with Gasteiger partial charge in [0.15, 0.2) is 5.25 Å². The number of esters is 2. The first-order valence-electron chi connectivity index (χ1n) is 10.5.